The highest BCUT2D eigenvalue weighted by Crippen LogP contribution is 2.22. The van der Waals surface area contributed by atoms with Gasteiger partial charge in [0.15, 0.2) is 0 Å². The van der Waals surface area contributed by atoms with E-state index in [1.54, 1.807) is 22.1 Å². The average Bonchev–Trinajstić information content (AvgIpc) is 3.48. The molecule has 2 heterocycles. The number of carbonyl (C=O) groups is 2. The van der Waals surface area contributed by atoms with Crippen molar-refractivity contribution in [3.63, 3.8) is 0 Å². The second kappa shape index (κ2) is 11.5. The smallest absolute Gasteiger partial charge is 0.242 e. The molecule has 0 unspecified atom stereocenters. The van der Waals surface area contributed by atoms with Gasteiger partial charge in [-0.05, 0) is 37.0 Å². The largest absolute Gasteiger partial charge is 0.467 e. The number of furan rings is 1. The quantitative estimate of drug-likeness (QED) is 0.512. The number of rotatable bonds is 11. The van der Waals surface area contributed by atoms with Crippen LogP contribution in [0.2, 0.25) is 0 Å². The van der Waals surface area contributed by atoms with Gasteiger partial charge in [-0.15, -0.1) is 6.58 Å². The molecule has 6 nitrogen and oxygen atoms in total. The van der Waals surface area contributed by atoms with Crippen LogP contribution in [0.3, 0.4) is 0 Å². The average molecular weight is 425 g/mol. The van der Waals surface area contributed by atoms with Gasteiger partial charge in [0.25, 0.3) is 0 Å². The van der Waals surface area contributed by atoms with Gasteiger partial charge in [0.05, 0.1) is 24.8 Å². The Bertz CT molecular complexity index is 828. The predicted molar refractivity (Wildman–Crippen MR) is 119 cm³/mol. The molecule has 1 aromatic carbocycles. The molecule has 3 rings (SSSR count). The van der Waals surface area contributed by atoms with Crippen molar-refractivity contribution < 1.29 is 18.7 Å². The van der Waals surface area contributed by atoms with Crippen LogP contribution in [0.25, 0.3) is 0 Å². The topological polar surface area (TPSA) is 63.0 Å². The first-order chi connectivity index (χ1) is 15.1. The minimum Gasteiger partial charge on any atom is -0.467 e. The zero-order valence-electron chi connectivity index (χ0n) is 18.2. The van der Waals surface area contributed by atoms with E-state index >= 15 is 0 Å². The van der Waals surface area contributed by atoms with Gasteiger partial charge >= 0.3 is 0 Å². The van der Waals surface area contributed by atoms with E-state index in [0.29, 0.717) is 31.8 Å². The molecule has 1 aliphatic heterocycles. The number of nitrogens with zero attached hydrogens (tertiary/aromatic N) is 2. The minimum absolute atomic E-state index is 0.00160. The van der Waals surface area contributed by atoms with Crippen molar-refractivity contribution in [2.24, 2.45) is 0 Å². The summed E-state index contributed by atoms with van der Waals surface area (Å²) >= 11 is 0. The molecule has 2 amide bonds. The fraction of sp³-hybridized carbons (Fsp3) is 0.440. The molecule has 166 valence electrons. The zero-order valence-corrected chi connectivity index (χ0v) is 18.2. The van der Waals surface area contributed by atoms with Crippen LogP contribution in [0.15, 0.2) is 65.8 Å². The van der Waals surface area contributed by atoms with Crippen LogP contribution in [0, 0.1) is 0 Å². The van der Waals surface area contributed by atoms with Crippen LogP contribution < -0.4 is 0 Å². The van der Waals surface area contributed by atoms with Crippen molar-refractivity contribution in [2.45, 2.75) is 44.8 Å². The van der Waals surface area contributed by atoms with Crippen molar-refractivity contribution >= 4 is 11.8 Å². The second-order valence-electron chi connectivity index (χ2n) is 7.87. The molecule has 6 heteroatoms. The van der Waals surface area contributed by atoms with Gasteiger partial charge in [-0.3, -0.25) is 9.59 Å². The van der Waals surface area contributed by atoms with Crippen LogP contribution in [0.4, 0.5) is 0 Å². The third-order valence-electron chi connectivity index (χ3n) is 5.62. The normalized spacial score (nSPS) is 16.6. The van der Waals surface area contributed by atoms with Crippen LogP contribution >= 0.6 is 0 Å². The van der Waals surface area contributed by atoms with Gasteiger partial charge in [0.1, 0.15) is 12.3 Å². The summed E-state index contributed by atoms with van der Waals surface area (Å²) in [7, 11) is 0. The molecule has 0 N–H and O–H groups in total. The Balaban J connectivity index is 1.73. The Morgan fingerprint density at radius 3 is 2.61 bits per heavy atom. The van der Waals surface area contributed by atoms with Crippen LogP contribution in [0.1, 0.15) is 43.4 Å². The van der Waals surface area contributed by atoms with E-state index in [0.717, 1.165) is 25.0 Å². The molecule has 0 saturated carbocycles. The van der Waals surface area contributed by atoms with E-state index in [4.69, 9.17) is 9.15 Å². The number of amides is 2. The van der Waals surface area contributed by atoms with Crippen LogP contribution in [-0.2, 0) is 20.9 Å². The molecule has 1 aliphatic rings. The van der Waals surface area contributed by atoms with Crippen LogP contribution in [0.5, 0.6) is 0 Å². The zero-order chi connectivity index (χ0) is 22.1. The molecule has 31 heavy (non-hydrogen) atoms. The lowest BCUT2D eigenvalue weighted by Crippen LogP contribution is -2.46. The fourth-order valence-corrected chi connectivity index (χ4v) is 3.99. The fourth-order valence-electron chi connectivity index (χ4n) is 3.99. The standard InChI is InChI=1S/C25H32N2O4/c1-3-14-26(25(29)23(4-2)20-10-6-5-7-11-20)19-24(28)27(17-21-12-8-15-30-21)18-22-13-9-16-31-22/h3,5-8,10-12,15,22-23H,1,4,9,13-14,16-19H2,2H3/t22-,23+/m0/s1. The third kappa shape index (κ3) is 6.31. The lowest BCUT2D eigenvalue weighted by atomic mass is 9.95. The molecular formula is C25H32N2O4. The number of ether oxygens (including phenoxy) is 1. The van der Waals surface area contributed by atoms with Gasteiger partial charge in [-0.1, -0.05) is 43.3 Å². The third-order valence-corrected chi connectivity index (χ3v) is 5.62. The van der Waals surface area contributed by atoms with Crippen molar-refractivity contribution in [1.82, 2.24) is 9.80 Å². The molecule has 0 spiro atoms. The maximum atomic E-state index is 13.3. The minimum atomic E-state index is -0.286. The second-order valence-corrected chi connectivity index (χ2v) is 7.87. The summed E-state index contributed by atoms with van der Waals surface area (Å²) in [5.74, 6) is 0.247. The predicted octanol–water partition coefficient (Wildman–Crippen LogP) is 4.00. The summed E-state index contributed by atoms with van der Waals surface area (Å²) in [5, 5.41) is 0. The number of benzene rings is 1. The van der Waals surface area contributed by atoms with Gasteiger partial charge in [0, 0.05) is 19.7 Å². The summed E-state index contributed by atoms with van der Waals surface area (Å²) in [5.41, 5.74) is 0.961. The monoisotopic (exact) mass is 424 g/mol. The van der Waals surface area contributed by atoms with E-state index in [-0.39, 0.29) is 30.4 Å². The van der Waals surface area contributed by atoms with E-state index in [1.807, 2.05) is 49.4 Å². The Kier molecular flexibility index (Phi) is 8.47. The molecule has 1 fully saturated rings. The first-order valence-corrected chi connectivity index (χ1v) is 11.0. The van der Waals surface area contributed by atoms with Crippen molar-refractivity contribution in [3.05, 3.63) is 72.7 Å². The van der Waals surface area contributed by atoms with Gasteiger partial charge in [-0.25, -0.2) is 0 Å². The van der Waals surface area contributed by atoms with Crippen molar-refractivity contribution in [3.8, 4) is 0 Å². The highest BCUT2D eigenvalue weighted by molar-refractivity contribution is 5.88. The van der Waals surface area contributed by atoms with E-state index in [1.165, 1.54) is 0 Å². The van der Waals surface area contributed by atoms with E-state index < -0.39 is 0 Å². The number of hydrogen-bond donors (Lipinski definition) is 0. The Hall–Kier alpha value is -2.86. The molecule has 2 atom stereocenters. The highest BCUT2D eigenvalue weighted by Gasteiger charge is 2.29. The van der Waals surface area contributed by atoms with Gasteiger partial charge in [-0.2, -0.15) is 0 Å². The van der Waals surface area contributed by atoms with Gasteiger partial charge in [0.2, 0.25) is 11.8 Å². The first kappa shape index (κ1) is 22.8. The van der Waals surface area contributed by atoms with Crippen LogP contribution in [-0.4, -0.2) is 54.0 Å². The summed E-state index contributed by atoms with van der Waals surface area (Å²) < 4.78 is 11.2. The molecule has 0 aliphatic carbocycles. The summed E-state index contributed by atoms with van der Waals surface area (Å²) in [4.78, 5) is 30.0. The lowest BCUT2D eigenvalue weighted by Gasteiger charge is -2.30. The highest BCUT2D eigenvalue weighted by atomic mass is 16.5. The number of carbonyl (C=O) groups excluding carboxylic acids is 2. The molecule has 2 aromatic rings. The first-order valence-electron chi connectivity index (χ1n) is 11.0. The lowest BCUT2D eigenvalue weighted by molar-refractivity contribution is -0.142. The number of hydrogen-bond acceptors (Lipinski definition) is 4. The SMILES string of the molecule is C=CCN(CC(=O)N(Cc1ccco1)C[C@@H]1CCCO1)C(=O)[C@H](CC)c1ccccc1. The van der Waals surface area contributed by atoms with E-state index in [2.05, 4.69) is 6.58 Å². The maximum absolute atomic E-state index is 13.3. The summed E-state index contributed by atoms with van der Waals surface area (Å²) in [6, 6.07) is 13.4. The Morgan fingerprint density at radius 1 is 1.19 bits per heavy atom. The van der Waals surface area contributed by atoms with Gasteiger partial charge < -0.3 is 19.0 Å². The molecule has 0 radical (unpaired) electrons. The summed E-state index contributed by atoms with van der Waals surface area (Å²) in [6.45, 7) is 7.67. The van der Waals surface area contributed by atoms with Crippen molar-refractivity contribution in [2.75, 3.05) is 26.2 Å². The molecule has 1 aromatic heterocycles. The van der Waals surface area contributed by atoms with E-state index in [9.17, 15) is 9.59 Å². The molecule has 1 saturated heterocycles. The Morgan fingerprint density at radius 2 is 2.00 bits per heavy atom. The van der Waals surface area contributed by atoms with Crippen molar-refractivity contribution in [1.29, 1.82) is 0 Å². The summed E-state index contributed by atoms with van der Waals surface area (Å²) in [6.07, 6.45) is 5.89. The molecular weight excluding hydrogens is 392 g/mol. The Labute approximate surface area is 184 Å². The maximum Gasteiger partial charge on any atom is 0.242 e. The molecule has 0 bridgehead atoms.